The van der Waals surface area contributed by atoms with E-state index in [1.165, 1.54) is 0 Å². The van der Waals surface area contributed by atoms with E-state index in [-0.39, 0.29) is 0 Å². The van der Waals surface area contributed by atoms with E-state index in [4.69, 9.17) is 4.74 Å². The molecule has 1 aliphatic rings. The Balaban J connectivity index is 2.36. The van der Waals surface area contributed by atoms with Crippen molar-refractivity contribution in [1.29, 1.82) is 0 Å². The first-order valence-electron chi connectivity index (χ1n) is 3.58. The number of hydrogen-bond acceptors (Lipinski definition) is 4. The molecule has 0 spiro atoms. The molecule has 0 aliphatic carbocycles. The molecule has 0 aromatic rings. The number of hydrogen-bond donors (Lipinski definition) is 0. The van der Waals surface area contributed by atoms with Gasteiger partial charge in [0.15, 0.2) is 6.29 Å². The van der Waals surface area contributed by atoms with Gasteiger partial charge in [-0.05, 0) is 19.3 Å². The molecule has 1 saturated heterocycles. The molecule has 0 radical (unpaired) electrons. The summed E-state index contributed by atoms with van der Waals surface area (Å²) in [7, 11) is -3.35. The highest BCUT2D eigenvalue weighted by Gasteiger charge is 2.18. The first kappa shape index (κ1) is 8.96. The van der Waals surface area contributed by atoms with Gasteiger partial charge in [0.1, 0.15) is 0 Å². The summed E-state index contributed by atoms with van der Waals surface area (Å²) < 4.78 is 30.9. The third-order valence-electron chi connectivity index (χ3n) is 1.42. The normalized spacial score (nSPS) is 26.8. The minimum Gasteiger partial charge on any atom is -0.351 e. The van der Waals surface area contributed by atoms with E-state index >= 15 is 0 Å². The fraction of sp³-hybridized carbons (Fsp3) is 1.00. The lowest BCUT2D eigenvalue weighted by Crippen LogP contribution is -2.24. The molecule has 0 bridgehead atoms. The third kappa shape index (κ3) is 3.69. The summed E-state index contributed by atoms with van der Waals surface area (Å²) in [5, 5.41) is 0. The summed E-state index contributed by atoms with van der Waals surface area (Å²) in [5.74, 6) is 0. The van der Waals surface area contributed by atoms with Crippen LogP contribution in [0.5, 0.6) is 0 Å². The van der Waals surface area contributed by atoms with Crippen molar-refractivity contribution >= 4 is 10.1 Å². The average Bonchev–Trinajstić information content (AvgIpc) is 1.85. The maximum atomic E-state index is 10.6. The minimum absolute atomic E-state index is 0.543. The smallest absolute Gasteiger partial charge is 0.266 e. The van der Waals surface area contributed by atoms with E-state index in [2.05, 4.69) is 4.18 Å². The molecular weight excluding hydrogens is 168 g/mol. The van der Waals surface area contributed by atoms with E-state index in [0.29, 0.717) is 13.0 Å². The van der Waals surface area contributed by atoms with Crippen molar-refractivity contribution in [2.75, 3.05) is 12.9 Å². The van der Waals surface area contributed by atoms with Gasteiger partial charge in [-0.2, -0.15) is 8.42 Å². The van der Waals surface area contributed by atoms with E-state index in [9.17, 15) is 8.42 Å². The van der Waals surface area contributed by atoms with Gasteiger partial charge in [-0.25, -0.2) is 4.18 Å². The van der Waals surface area contributed by atoms with Gasteiger partial charge < -0.3 is 4.74 Å². The molecule has 1 fully saturated rings. The Morgan fingerprint density at radius 1 is 1.45 bits per heavy atom. The summed E-state index contributed by atoms with van der Waals surface area (Å²) in [6.07, 6.45) is 3.13. The van der Waals surface area contributed by atoms with E-state index < -0.39 is 16.4 Å². The molecule has 11 heavy (non-hydrogen) atoms. The SMILES string of the molecule is CS(=O)(=O)OC1CCCCO1. The average molecular weight is 180 g/mol. The first-order chi connectivity index (χ1) is 5.08. The molecular formula is C6H12O4S. The lowest BCUT2D eigenvalue weighted by molar-refractivity contribution is -0.102. The molecule has 0 N–H and O–H groups in total. The molecule has 1 rings (SSSR count). The van der Waals surface area contributed by atoms with Crippen LogP contribution in [0.25, 0.3) is 0 Å². The summed E-state index contributed by atoms with van der Waals surface area (Å²) in [5.41, 5.74) is 0. The fourth-order valence-electron chi connectivity index (χ4n) is 0.982. The maximum Gasteiger partial charge on any atom is 0.266 e. The standard InChI is InChI=1S/C6H12O4S/c1-11(7,8)10-6-4-2-3-5-9-6/h6H,2-5H2,1H3. The van der Waals surface area contributed by atoms with Crippen molar-refractivity contribution in [2.24, 2.45) is 0 Å². The lowest BCUT2D eigenvalue weighted by atomic mass is 10.2. The van der Waals surface area contributed by atoms with Gasteiger partial charge >= 0.3 is 0 Å². The summed E-state index contributed by atoms with van der Waals surface area (Å²) in [6, 6.07) is 0. The minimum atomic E-state index is -3.35. The molecule has 0 saturated carbocycles. The Labute approximate surface area is 66.6 Å². The Kier molecular flexibility index (Phi) is 2.86. The molecule has 1 aliphatic heterocycles. The monoisotopic (exact) mass is 180 g/mol. The van der Waals surface area contributed by atoms with Crippen LogP contribution in [-0.4, -0.2) is 27.6 Å². The Morgan fingerprint density at radius 3 is 2.64 bits per heavy atom. The highest BCUT2D eigenvalue weighted by Crippen LogP contribution is 2.14. The number of rotatable bonds is 2. The molecule has 1 atom stereocenters. The maximum absolute atomic E-state index is 10.6. The first-order valence-corrected chi connectivity index (χ1v) is 5.39. The molecule has 1 unspecified atom stereocenters. The van der Waals surface area contributed by atoms with Gasteiger partial charge in [0, 0.05) is 6.61 Å². The van der Waals surface area contributed by atoms with Crippen LogP contribution in [0.1, 0.15) is 19.3 Å². The second-order valence-electron chi connectivity index (χ2n) is 2.60. The zero-order valence-corrected chi connectivity index (χ0v) is 7.26. The van der Waals surface area contributed by atoms with Gasteiger partial charge in [0.25, 0.3) is 10.1 Å². The molecule has 5 heteroatoms. The predicted octanol–water partition coefficient (Wildman–Crippen LogP) is 0.489. The third-order valence-corrected chi connectivity index (χ3v) is 1.98. The molecule has 1 heterocycles. The van der Waals surface area contributed by atoms with E-state index in [0.717, 1.165) is 19.1 Å². The van der Waals surface area contributed by atoms with Gasteiger partial charge in [-0.1, -0.05) is 0 Å². The zero-order chi connectivity index (χ0) is 8.32. The second kappa shape index (κ2) is 3.51. The molecule has 66 valence electrons. The van der Waals surface area contributed by atoms with Crippen LogP contribution in [0.3, 0.4) is 0 Å². The Bertz CT molecular complexity index is 203. The van der Waals surface area contributed by atoms with Crippen LogP contribution in [0, 0.1) is 0 Å². The topological polar surface area (TPSA) is 52.6 Å². The predicted molar refractivity (Wildman–Crippen MR) is 39.5 cm³/mol. The fourth-order valence-corrected chi connectivity index (χ4v) is 1.52. The summed E-state index contributed by atoms with van der Waals surface area (Å²) in [6.45, 7) is 0.597. The highest BCUT2D eigenvalue weighted by atomic mass is 32.2. The van der Waals surface area contributed by atoms with Crippen LogP contribution in [0.4, 0.5) is 0 Å². The largest absolute Gasteiger partial charge is 0.351 e. The van der Waals surface area contributed by atoms with Crippen molar-refractivity contribution in [2.45, 2.75) is 25.6 Å². The molecule has 4 nitrogen and oxygen atoms in total. The molecule has 0 amide bonds. The van der Waals surface area contributed by atoms with Crippen LogP contribution in [0.15, 0.2) is 0 Å². The summed E-state index contributed by atoms with van der Waals surface area (Å²) in [4.78, 5) is 0. The zero-order valence-electron chi connectivity index (χ0n) is 6.45. The lowest BCUT2D eigenvalue weighted by Gasteiger charge is -2.20. The summed E-state index contributed by atoms with van der Waals surface area (Å²) >= 11 is 0. The van der Waals surface area contributed by atoms with Crippen molar-refractivity contribution in [3.8, 4) is 0 Å². The number of ether oxygens (including phenoxy) is 1. The van der Waals surface area contributed by atoms with Crippen molar-refractivity contribution in [3.63, 3.8) is 0 Å². The van der Waals surface area contributed by atoms with Crippen LogP contribution >= 0.6 is 0 Å². The Hall–Kier alpha value is -0.130. The van der Waals surface area contributed by atoms with Crippen LogP contribution < -0.4 is 0 Å². The van der Waals surface area contributed by atoms with E-state index in [1.807, 2.05) is 0 Å². The quantitative estimate of drug-likeness (QED) is 0.580. The van der Waals surface area contributed by atoms with Crippen molar-refractivity contribution in [1.82, 2.24) is 0 Å². The van der Waals surface area contributed by atoms with E-state index in [1.54, 1.807) is 0 Å². The van der Waals surface area contributed by atoms with Crippen molar-refractivity contribution < 1.29 is 17.3 Å². The van der Waals surface area contributed by atoms with Gasteiger partial charge in [0.05, 0.1) is 6.26 Å². The highest BCUT2D eigenvalue weighted by molar-refractivity contribution is 7.86. The van der Waals surface area contributed by atoms with Crippen LogP contribution in [0.2, 0.25) is 0 Å². The van der Waals surface area contributed by atoms with Crippen molar-refractivity contribution in [3.05, 3.63) is 0 Å². The van der Waals surface area contributed by atoms with Gasteiger partial charge in [-0.3, -0.25) is 0 Å². The van der Waals surface area contributed by atoms with Gasteiger partial charge in [0.2, 0.25) is 0 Å². The molecule has 0 aromatic carbocycles. The second-order valence-corrected chi connectivity index (χ2v) is 4.20. The Morgan fingerprint density at radius 2 is 2.18 bits per heavy atom. The molecule has 0 aromatic heterocycles. The van der Waals surface area contributed by atoms with Gasteiger partial charge in [-0.15, -0.1) is 0 Å². The van der Waals surface area contributed by atoms with Crippen LogP contribution in [-0.2, 0) is 19.0 Å².